The van der Waals surface area contributed by atoms with Gasteiger partial charge in [0.15, 0.2) is 0 Å². The fraction of sp³-hybridized carbons (Fsp3) is 0.0588. The second-order valence-corrected chi connectivity index (χ2v) is 6.27. The summed E-state index contributed by atoms with van der Waals surface area (Å²) in [4.78, 5) is 27.5. The number of carbonyl (C=O) groups is 1. The summed E-state index contributed by atoms with van der Waals surface area (Å²) in [6.07, 6.45) is 0. The van der Waals surface area contributed by atoms with Gasteiger partial charge in [0, 0.05) is 22.0 Å². The van der Waals surface area contributed by atoms with Crippen LogP contribution in [0.3, 0.4) is 0 Å². The highest BCUT2D eigenvalue weighted by Crippen LogP contribution is 2.37. The number of non-ortho nitro benzene ring substituents is 1. The summed E-state index contributed by atoms with van der Waals surface area (Å²) in [5.41, 5.74) is 5.98. The average Bonchev–Trinajstić information content (AvgIpc) is 2.91. The summed E-state index contributed by atoms with van der Waals surface area (Å²) < 4.78 is 5.58. The van der Waals surface area contributed by atoms with Crippen LogP contribution in [0.5, 0.6) is 0 Å². The van der Waals surface area contributed by atoms with Crippen LogP contribution >= 0.6 is 23.2 Å². The number of halogens is 2. The molecule has 3 aromatic rings. The fourth-order valence-electron chi connectivity index (χ4n) is 2.42. The maximum atomic E-state index is 12.9. The van der Waals surface area contributed by atoms with Gasteiger partial charge in [-0.05, 0) is 31.2 Å². The Morgan fingerprint density at radius 1 is 1.23 bits per heavy atom. The molecule has 3 rings (SSSR count). The number of furan rings is 1. The van der Waals surface area contributed by atoms with Gasteiger partial charge in [-0.2, -0.15) is 0 Å². The van der Waals surface area contributed by atoms with Crippen molar-refractivity contribution < 1.29 is 14.1 Å². The summed E-state index contributed by atoms with van der Waals surface area (Å²) in [5, 5.41) is 11.9. The van der Waals surface area contributed by atoms with E-state index in [-0.39, 0.29) is 39.1 Å². The lowest BCUT2D eigenvalue weighted by atomic mass is 10.1. The molecule has 9 heteroatoms. The first-order chi connectivity index (χ1) is 12.3. The second-order valence-electron chi connectivity index (χ2n) is 5.42. The first-order valence-electron chi connectivity index (χ1n) is 7.29. The molecule has 132 valence electrons. The monoisotopic (exact) mass is 391 g/mol. The van der Waals surface area contributed by atoms with Crippen LogP contribution in [0, 0.1) is 10.1 Å². The molecular weight excluding hydrogens is 381 g/mol. The molecule has 26 heavy (non-hydrogen) atoms. The minimum absolute atomic E-state index is 0.116. The van der Waals surface area contributed by atoms with Gasteiger partial charge >= 0.3 is 0 Å². The predicted molar refractivity (Wildman–Crippen MR) is 99.7 cm³/mol. The van der Waals surface area contributed by atoms with Crippen LogP contribution in [-0.4, -0.2) is 16.5 Å². The number of fused-ring (bicyclic) bond motifs is 1. The molecule has 0 aliphatic heterocycles. The Kier molecular flexibility index (Phi) is 4.67. The highest BCUT2D eigenvalue weighted by molar-refractivity contribution is 6.37. The van der Waals surface area contributed by atoms with Crippen molar-refractivity contribution in [2.75, 3.05) is 0 Å². The van der Waals surface area contributed by atoms with Crippen molar-refractivity contribution in [2.45, 2.75) is 6.92 Å². The van der Waals surface area contributed by atoms with Gasteiger partial charge in [0.25, 0.3) is 5.69 Å². The van der Waals surface area contributed by atoms with E-state index in [2.05, 4.69) is 4.99 Å². The summed E-state index contributed by atoms with van der Waals surface area (Å²) >= 11 is 12.0. The number of nitro groups is 1. The number of carbonyl (C=O) groups excluding carboxylic acids is 1. The predicted octanol–water partition coefficient (Wildman–Crippen LogP) is 4.89. The lowest BCUT2D eigenvalue weighted by molar-refractivity contribution is -0.384. The van der Waals surface area contributed by atoms with Crippen LogP contribution in [0.4, 0.5) is 11.4 Å². The molecule has 0 saturated carbocycles. The molecule has 0 fully saturated rings. The van der Waals surface area contributed by atoms with Gasteiger partial charge in [-0.1, -0.05) is 23.2 Å². The largest absolute Gasteiger partial charge is 0.450 e. The Labute approximate surface area is 157 Å². The van der Waals surface area contributed by atoms with Gasteiger partial charge in [-0.25, -0.2) is 4.99 Å². The molecule has 0 amide bonds. The van der Waals surface area contributed by atoms with Crippen molar-refractivity contribution in [3.8, 4) is 0 Å². The fourth-order valence-corrected chi connectivity index (χ4v) is 2.92. The van der Waals surface area contributed by atoms with Gasteiger partial charge in [0.1, 0.15) is 11.3 Å². The summed E-state index contributed by atoms with van der Waals surface area (Å²) in [6.45, 7) is 1.55. The molecular formula is C17H11Cl2N3O4. The zero-order valence-corrected chi connectivity index (χ0v) is 14.8. The highest BCUT2D eigenvalue weighted by Gasteiger charge is 2.25. The van der Waals surface area contributed by atoms with E-state index in [0.29, 0.717) is 10.4 Å². The minimum atomic E-state index is -0.559. The molecule has 0 aliphatic carbocycles. The zero-order chi connectivity index (χ0) is 19.0. The number of nitrogens with two attached hydrogens (primary N) is 1. The van der Waals surface area contributed by atoms with Crippen LogP contribution in [-0.2, 0) is 0 Å². The average molecular weight is 392 g/mol. The molecule has 2 aromatic carbocycles. The normalized spacial score (nSPS) is 11.7. The maximum Gasteiger partial charge on any atom is 0.273 e. The van der Waals surface area contributed by atoms with Gasteiger partial charge < -0.3 is 10.2 Å². The highest BCUT2D eigenvalue weighted by atomic mass is 35.5. The molecule has 1 aromatic heterocycles. The molecule has 2 N–H and O–H groups in total. The third kappa shape index (κ3) is 3.26. The maximum absolute atomic E-state index is 12.9. The van der Waals surface area contributed by atoms with E-state index < -0.39 is 10.7 Å². The van der Waals surface area contributed by atoms with Gasteiger partial charge in [0.05, 0.1) is 21.8 Å². The van der Waals surface area contributed by atoms with Crippen LogP contribution < -0.4 is 5.73 Å². The van der Waals surface area contributed by atoms with Crippen molar-refractivity contribution in [3.63, 3.8) is 0 Å². The number of amidine groups is 1. The number of aliphatic imine (C=N–C) groups is 1. The van der Waals surface area contributed by atoms with Gasteiger partial charge in [-0.15, -0.1) is 0 Å². The van der Waals surface area contributed by atoms with Crippen molar-refractivity contribution in [1.82, 2.24) is 0 Å². The minimum Gasteiger partial charge on any atom is -0.450 e. The van der Waals surface area contributed by atoms with Gasteiger partial charge in [-0.3, -0.25) is 14.9 Å². The summed E-state index contributed by atoms with van der Waals surface area (Å²) in [7, 11) is 0. The van der Waals surface area contributed by atoms with Crippen molar-refractivity contribution in [2.24, 2.45) is 10.7 Å². The van der Waals surface area contributed by atoms with Crippen molar-refractivity contribution >= 4 is 57.2 Å². The third-order valence-corrected chi connectivity index (χ3v) is 4.08. The van der Waals surface area contributed by atoms with Crippen LogP contribution in [0.15, 0.2) is 45.8 Å². The summed E-state index contributed by atoms with van der Waals surface area (Å²) in [6, 6.07) is 8.39. The lowest BCUT2D eigenvalue weighted by Gasteiger charge is -2.03. The molecule has 0 bridgehead atoms. The lowest BCUT2D eigenvalue weighted by Crippen LogP contribution is -2.05. The van der Waals surface area contributed by atoms with E-state index in [1.165, 1.54) is 36.4 Å². The number of hydrogen-bond donors (Lipinski definition) is 1. The number of nitrogens with zero attached hydrogens (tertiary/aromatic N) is 2. The van der Waals surface area contributed by atoms with E-state index in [1.807, 2.05) is 0 Å². The molecule has 0 spiro atoms. The van der Waals surface area contributed by atoms with E-state index in [9.17, 15) is 14.9 Å². The SMILES string of the molecule is CC(N)=Nc1c(C(=O)c2ccc(Cl)cc2Cl)oc2cc([N+](=O)[O-])ccc12. The van der Waals surface area contributed by atoms with Crippen LogP contribution in [0.2, 0.25) is 10.0 Å². The van der Waals surface area contributed by atoms with E-state index in [1.54, 1.807) is 6.92 Å². The van der Waals surface area contributed by atoms with Crippen molar-refractivity contribution in [1.29, 1.82) is 0 Å². The Morgan fingerprint density at radius 3 is 2.58 bits per heavy atom. The van der Waals surface area contributed by atoms with Crippen LogP contribution in [0.25, 0.3) is 11.0 Å². The second kappa shape index (κ2) is 6.78. The quantitative estimate of drug-likeness (QED) is 0.223. The Morgan fingerprint density at radius 2 is 1.96 bits per heavy atom. The standard InChI is InChI=1S/C17H11Cl2N3O4/c1-8(20)21-15-12-5-3-10(22(24)25)7-14(12)26-17(15)16(23)11-4-2-9(18)6-13(11)19/h2-7H,1H3,(H2,20,21). The molecule has 0 aliphatic rings. The zero-order valence-electron chi connectivity index (χ0n) is 13.3. The van der Waals surface area contributed by atoms with Crippen molar-refractivity contribution in [3.05, 3.63) is 67.9 Å². The Balaban J connectivity index is 2.24. The van der Waals surface area contributed by atoms with Gasteiger partial charge in [0.2, 0.25) is 11.5 Å². The van der Waals surface area contributed by atoms with E-state index in [4.69, 9.17) is 33.4 Å². The van der Waals surface area contributed by atoms with Crippen LogP contribution in [0.1, 0.15) is 23.0 Å². The first kappa shape index (κ1) is 17.9. The summed E-state index contributed by atoms with van der Waals surface area (Å²) in [5.74, 6) is -0.456. The third-order valence-electron chi connectivity index (χ3n) is 3.53. The number of rotatable bonds is 4. The first-order valence-corrected chi connectivity index (χ1v) is 8.05. The molecule has 0 saturated heterocycles. The Hall–Kier alpha value is -2.90. The van der Waals surface area contributed by atoms with E-state index >= 15 is 0 Å². The van der Waals surface area contributed by atoms with E-state index in [0.717, 1.165) is 0 Å². The Bertz CT molecular complexity index is 1090. The molecule has 0 radical (unpaired) electrons. The topological polar surface area (TPSA) is 112 Å². The molecule has 0 unspecified atom stereocenters. The molecule has 0 atom stereocenters. The number of hydrogen-bond acceptors (Lipinski definition) is 5. The number of benzene rings is 2. The molecule has 7 nitrogen and oxygen atoms in total. The number of ketones is 1. The smallest absolute Gasteiger partial charge is 0.273 e. The number of nitro benzene ring substituents is 1. The molecule has 1 heterocycles.